The van der Waals surface area contributed by atoms with Gasteiger partial charge in [0.2, 0.25) is 0 Å². The smallest absolute Gasteiger partial charge is 0.306 e. The minimum atomic E-state index is -1.13. The lowest BCUT2D eigenvalue weighted by Gasteiger charge is -2.34. The molecule has 0 aliphatic heterocycles. The van der Waals surface area contributed by atoms with Gasteiger partial charge in [-0.15, -0.1) is 0 Å². The Kier molecular flexibility index (Phi) is 43.9. The third-order valence-electron chi connectivity index (χ3n) is 11.7. The molecule has 0 heterocycles. The summed E-state index contributed by atoms with van der Waals surface area (Å²) in [6.45, 7) is 4.56. The van der Waals surface area contributed by atoms with Gasteiger partial charge in [-0.1, -0.05) is 191 Å². The third kappa shape index (κ3) is 44.3. The minimum Gasteiger partial charge on any atom is -0.544 e. The topological polar surface area (TPSA) is 102 Å². The zero-order chi connectivity index (χ0) is 46.3. The molecule has 0 amide bonds. The van der Waals surface area contributed by atoms with Crippen LogP contribution in [0.4, 0.5) is 0 Å². The zero-order valence-corrected chi connectivity index (χ0v) is 41.7. The van der Waals surface area contributed by atoms with E-state index in [9.17, 15) is 19.5 Å². The molecule has 8 heteroatoms. The van der Waals surface area contributed by atoms with Gasteiger partial charge in [0, 0.05) is 19.3 Å². The number of nitrogens with zero attached hydrogens (tertiary/aromatic N) is 1. The first-order valence-electron chi connectivity index (χ1n) is 26.2. The highest BCUT2D eigenvalue weighted by atomic mass is 16.6. The van der Waals surface area contributed by atoms with Crippen molar-refractivity contribution in [1.82, 2.24) is 0 Å². The van der Waals surface area contributed by atoms with E-state index in [2.05, 4.69) is 62.5 Å². The van der Waals surface area contributed by atoms with Crippen molar-refractivity contribution in [2.45, 2.75) is 244 Å². The molecule has 0 saturated heterocycles. The summed E-state index contributed by atoms with van der Waals surface area (Å²) in [6.07, 6.45) is 55.8. The minimum absolute atomic E-state index is 0.0348. The number of allylic oxidation sites excluding steroid dienone is 8. The van der Waals surface area contributed by atoms with Crippen LogP contribution in [0.2, 0.25) is 0 Å². The predicted molar refractivity (Wildman–Crippen MR) is 263 cm³/mol. The van der Waals surface area contributed by atoms with E-state index in [-0.39, 0.29) is 42.7 Å². The first kappa shape index (κ1) is 60.3. The molecule has 0 aromatic rings. The summed E-state index contributed by atoms with van der Waals surface area (Å²) in [4.78, 5) is 37.0. The average Bonchev–Trinajstić information content (AvgIpc) is 3.24. The molecule has 0 fully saturated rings. The van der Waals surface area contributed by atoms with E-state index in [4.69, 9.17) is 14.2 Å². The fourth-order valence-corrected chi connectivity index (χ4v) is 7.67. The largest absolute Gasteiger partial charge is 0.544 e. The van der Waals surface area contributed by atoms with E-state index < -0.39 is 18.1 Å². The van der Waals surface area contributed by atoms with Crippen LogP contribution in [-0.2, 0) is 28.6 Å². The first-order valence-corrected chi connectivity index (χ1v) is 26.2. The van der Waals surface area contributed by atoms with E-state index in [1.165, 1.54) is 128 Å². The van der Waals surface area contributed by atoms with E-state index in [0.717, 1.165) is 70.6 Å². The lowest BCUT2D eigenvalue weighted by molar-refractivity contribution is -0.889. The molecular weight excluding hydrogens is 787 g/mol. The zero-order valence-electron chi connectivity index (χ0n) is 41.7. The van der Waals surface area contributed by atoms with Crippen LogP contribution in [0.25, 0.3) is 0 Å². The van der Waals surface area contributed by atoms with Crippen molar-refractivity contribution < 1.29 is 38.2 Å². The maximum atomic E-state index is 12.8. The second-order valence-electron chi connectivity index (χ2n) is 18.7. The van der Waals surface area contributed by atoms with Gasteiger partial charge in [0.25, 0.3) is 0 Å². The standard InChI is InChI=1S/C55H99NO7/c1-6-8-10-12-14-16-18-20-22-24-25-26-27-28-29-30-32-34-36-38-40-42-44-46-54(58)63-51(49-61-48-47-52(55(59)60)56(3,4)5)50-62-53(57)45-43-41-39-37-35-33-31-23-21-19-17-15-13-11-9-7-2/h9,11,15,17,21,23,28-29,51-52H,6-8,10,12-14,16,18-20,22,24-27,30-50H2,1-5H3/b11-9+,17-15+,23-21+,29-28+. The number of ether oxygens (including phenoxy) is 3. The number of esters is 2. The number of unbranched alkanes of at least 4 members (excludes halogenated alkanes) is 25. The fraction of sp³-hybridized carbons (Fsp3) is 0.800. The highest BCUT2D eigenvalue weighted by Gasteiger charge is 2.25. The van der Waals surface area contributed by atoms with Gasteiger partial charge in [-0.05, 0) is 70.6 Å². The summed E-state index contributed by atoms with van der Waals surface area (Å²) in [5.41, 5.74) is 0. The Labute approximate surface area is 388 Å². The maximum Gasteiger partial charge on any atom is 0.306 e. The predicted octanol–water partition coefficient (Wildman–Crippen LogP) is 13.8. The number of quaternary nitrogens is 1. The number of carbonyl (C=O) groups excluding carboxylic acids is 3. The molecule has 2 unspecified atom stereocenters. The average molecular weight is 886 g/mol. The van der Waals surface area contributed by atoms with E-state index in [1.807, 2.05) is 0 Å². The Morgan fingerprint density at radius 3 is 1.33 bits per heavy atom. The van der Waals surface area contributed by atoms with Crippen molar-refractivity contribution in [2.75, 3.05) is 41.0 Å². The van der Waals surface area contributed by atoms with Crippen LogP contribution in [0.5, 0.6) is 0 Å². The normalized spacial score (nSPS) is 13.2. The molecule has 2 atom stereocenters. The Bertz CT molecular complexity index is 1170. The number of carboxylic acids is 1. The summed E-state index contributed by atoms with van der Waals surface area (Å²) >= 11 is 0. The molecular formula is C55H99NO7. The molecule has 0 N–H and O–H groups in total. The molecule has 0 aliphatic rings. The molecule has 366 valence electrons. The van der Waals surface area contributed by atoms with Gasteiger partial charge < -0.3 is 28.6 Å². The second-order valence-corrected chi connectivity index (χ2v) is 18.7. The third-order valence-corrected chi connectivity index (χ3v) is 11.7. The van der Waals surface area contributed by atoms with Crippen molar-refractivity contribution >= 4 is 17.9 Å². The molecule has 0 spiro atoms. The highest BCUT2D eigenvalue weighted by Crippen LogP contribution is 2.15. The Morgan fingerprint density at radius 1 is 0.492 bits per heavy atom. The number of likely N-dealkylation sites (N-methyl/N-ethyl adjacent to an activating group) is 1. The van der Waals surface area contributed by atoms with Crippen LogP contribution in [0.1, 0.15) is 232 Å². The van der Waals surface area contributed by atoms with Gasteiger partial charge in [0.05, 0.1) is 40.3 Å². The van der Waals surface area contributed by atoms with Crippen molar-refractivity contribution in [2.24, 2.45) is 0 Å². The van der Waals surface area contributed by atoms with E-state index in [0.29, 0.717) is 12.8 Å². The molecule has 0 rings (SSSR count). The number of carbonyl (C=O) groups is 3. The molecule has 8 nitrogen and oxygen atoms in total. The molecule has 0 aromatic heterocycles. The summed E-state index contributed by atoms with van der Waals surface area (Å²) in [5.74, 6) is -1.75. The lowest BCUT2D eigenvalue weighted by atomic mass is 10.0. The van der Waals surface area contributed by atoms with E-state index >= 15 is 0 Å². The summed E-state index contributed by atoms with van der Waals surface area (Å²) in [5, 5.41) is 11.7. The van der Waals surface area contributed by atoms with Crippen LogP contribution in [0, 0.1) is 0 Å². The number of rotatable bonds is 47. The molecule has 63 heavy (non-hydrogen) atoms. The van der Waals surface area contributed by atoms with Gasteiger partial charge in [-0.25, -0.2) is 0 Å². The Balaban J connectivity index is 4.22. The van der Waals surface area contributed by atoms with Gasteiger partial charge in [-0.3, -0.25) is 9.59 Å². The van der Waals surface area contributed by atoms with Crippen molar-refractivity contribution in [3.05, 3.63) is 48.6 Å². The number of aliphatic carboxylic acids is 1. The number of carboxylic acid groups (broad SMARTS) is 1. The summed E-state index contributed by atoms with van der Waals surface area (Å²) in [6, 6.07) is -0.730. The SMILES string of the molecule is CC/C=C/C/C=C/C/C=C/CCCCCCCCC(=O)OCC(COCCC(C(=O)[O-])[N+](C)(C)C)OC(=O)CCCCCCCCC/C=C/CCCCCCCCCCCCCC. The highest BCUT2D eigenvalue weighted by molar-refractivity contribution is 5.70. The van der Waals surface area contributed by atoms with Crippen LogP contribution in [-0.4, -0.2) is 75.5 Å². The van der Waals surface area contributed by atoms with Gasteiger partial charge in [0.1, 0.15) is 12.6 Å². The lowest BCUT2D eigenvalue weighted by Crippen LogP contribution is -2.55. The monoisotopic (exact) mass is 886 g/mol. The Morgan fingerprint density at radius 2 is 0.889 bits per heavy atom. The second kappa shape index (κ2) is 45.8. The quantitative estimate of drug-likeness (QED) is 0.0259. The van der Waals surface area contributed by atoms with Crippen LogP contribution in [0.15, 0.2) is 48.6 Å². The van der Waals surface area contributed by atoms with Gasteiger partial charge in [-0.2, -0.15) is 0 Å². The first-order chi connectivity index (χ1) is 30.6. The summed E-state index contributed by atoms with van der Waals surface area (Å²) in [7, 11) is 5.41. The van der Waals surface area contributed by atoms with Gasteiger partial charge >= 0.3 is 11.9 Å². The van der Waals surface area contributed by atoms with Gasteiger partial charge in [0.15, 0.2) is 6.10 Å². The van der Waals surface area contributed by atoms with Crippen LogP contribution >= 0.6 is 0 Å². The van der Waals surface area contributed by atoms with Crippen molar-refractivity contribution in [3.8, 4) is 0 Å². The van der Waals surface area contributed by atoms with Crippen molar-refractivity contribution in [1.29, 1.82) is 0 Å². The molecule has 0 saturated carbocycles. The van der Waals surface area contributed by atoms with Crippen molar-refractivity contribution in [3.63, 3.8) is 0 Å². The molecule has 0 aliphatic carbocycles. The fourth-order valence-electron chi connectivity index (χ4n) is 7.67. The molecule has 0 bridgehead atoms. The van der Waals surface area contributed by atoms with Crippen LogP contribution < -0.4 is 5.11 Å². The number of hydrogen-bond donors (Lipinski definition) is 0. The summed E-state index contributed by atoms with van der Waals surface area (Å²) < 4.78 is 17.2. The maximum absolute atomic E-state index is 12.8. The molecule has 0 radical (unpaired) electrons. The van der Waals surface area contributed by atoms with E-state index in [1.54, 1.807) is 21.1 Å². The van der Waals surface area contributed by atoms with Crippen LogP contribution in [0.3, 0.4) is 0 Å². The number of hydrogen-bond acceptors (Lipinski definition) is 7. The molecule has 0 aromatic carbocycles. The Hall–Kier alpha value is -2.71.